The lowest BCUT2D eigenvalue weighted by molar-refractivity contribution is 1.27. The number of halogens is 1. The highest BCUT2D eigenvalue weighted by atomic mass is 35.5. The Morgan fingerprint density at radius 1 is 1.45 bits per heavy atom. The van der Waals surface area contributed by atoms with Gasteiger partial charge in [0.15, 0.2) is 10.4 Å². The molecule has 2 rings (SSSR count). The Balaban J connectivity index is 2.92. The third-order valence-electron chi connectivity index (χ3n) is 1.33. The topological polar surface area (TPSA) is 44.5 Å². The summed E-state index contributed by atoms with van der Waals surface area (Å²) in [5.74, 6) is 0. The van der Waals surface area contributed by atoms with Gasteiger partial charge in [-0.05, 0) is 18.3 Å². The predicted molar refractivity (Wildman–Crippen MR) is 46.3 cm³/mol. The van der Waals surface area contributed by atoms with Crippen LogP contribution in [0.2, 0.25) is 5.02 Å². The second-order valence-corrected chi connectivity index (χ2v) is 2.97. The number of nitrogens with one attached hydrogen (secondary N) is 2. The third kappa shape index (κ3) is 1.15. The van der Waals surface area contributed by atoms with Crippen molar-refractivity contribution in [2.24, 2.45) is 0 Å². The van der Waals surface area contributed by atoms with Gasteiger partial charge in [0.25, 0.3) is 0 Å². The monoisotopic (exact) mass is 185 g/mol. The van der Waals surface area contributed by atoms with Crippen LogP contribution in [-0.2, 0) is 0 Å². The van der Waals surface area contributed by atoms with Crippen molar-refractivity contribution in [2.45, 2.75) is 0 Å². The molecule has 0 saturated heterocycles. The van der Waals surface area contributed by atoms with Gasteiger partial charge in [0.05, 0.1) is 10.5 Å². The van der Waals surface area contributed by atoms with E-state index in [2.05, 4.69) is 15.0 Å². The molecule has 3 nitrogen and oxygen atoms in total. The number of H-pyrrole nitrogens is 2. The summed E-state index contributed by atoms with van der Waals surface area (Å²) in [6, 6.07) is 1.77. The maximum absolute atomic E-state index is 5.70. The molecule has 56 valence electrons. The highest BCUT2D eigenvalue weighted by molar-refractivity contribution is 7.71. The summed E-state index contributed by atoms with van der Waals surface area (Å²) in [7, 11) is 0. The first-order valence-electron chi connectivity index (χ1n) is 2.99. The van der Waals surface area contributed by atoms with E-state index in [4.69, 9.17) is 23.8 Å². The maximum Gasteiger partial charge on any atom is 0.176 e. The predicted octanol–water partition coefficient (Wildman–Crippen LogP) is 2.27. The van der Waals surface area contributed by atoms with E-state index in [1.807, 2.05) is 0 Å². The molecular formula is C6H4ClN3S. The molecule has 0 aliphatic rings. The second kappa shape index (κ2) is 2.32. The largest absolute Gasteiger partial charge is 0.329 e. The van der Waals surface area contributed by atoms with Crippen molar-refractivity contribution in [1.82, 2.24) is 15.0 Å². The smallest absolute Gasteiger partial charge is 0.176 e. The van der Waals surface area contributed by atoms with Gasteiger partial charge >= 0.3 is 0 Å². The molecule has 0 aliphatic heterocycles. The van der Waals surface area contributed by atoms with Crippen molar-refractivity contribution in [3.05, 3.63) is 22.1 Å². The van der Waals surface area contributed by atoms with E-state index in [0.717, 1.165) is 11.2 Å². The van der Waals surface area contributed by atoms with Gasteiger partial charge in [0.1, 0.15) is 0 Å². The second-order valence-electron chi connectivity index (χ2n) is 2.13. The zero-order valence-electron chi connectivity index (χ0n) is 5.39. The molecule has 0 bridgehead atoms. The van der Waals surface area contributed by atoms with E-state index in [1.54, 1.807) is 12.3 Å². The average molecular weight is 186 g/mol. The van der Waals surface area contributed by atoms with Gasteiger partial charge in [0, 0.05) is 6.20 Å². The van der Waals surface area contributed by atoms with E-state index in [0.29, 0.717) is 9.79 Å². The Morgan fingerprint density at radius 2 is 2.27 bits per heavy atom. The van der Waals surface area contributed by atoms with Crippen LogP contribution in [0.3, 0.4) is 0 Å². The van der Waals surface area contributed by atoms with Gasteiger partial charge in [-0.1, -0.05) is 11.6 Å². The minimum absolute atomic E-state index is 0.565. The SMILES string of the molecule is S=c1[nH]c2cc(Cl)cnc2[nH]1. The molecule has 0 radical (unpaired) electrons. The first-order valence-corrected chi connectivity index (χ1v) is 3.78. The Hall–Kier alpha value is -0.870. The molecule has 0 unspecified atom stereocenters. The van der Waals surface area contributed by atoms with Gasteiger partial charge < -0.3 is 9.97 Å². The molecule has 0 atom stereocenters. The minimum Gasteiger partial charge on any atom is -0.329 e. The standard InChI is InChI=1S/C6H4ClN3S/c7-3-1-4-5(8-2-3)10-6(11)9-4/h1-2H,(H2,8,9,10,11). The first kappa shape index (κ1) is 6.82. The number of hydrogen-bond acceptors (Lipinski definition) is 2. The fraction of sp³-hybridized carbons (Fsp3) is 0. The van der Waals surface area contributed by atoms with Gasteiger partial charge in [-0.3, -0.25) is 0 Å². The highest BCUT2D eigenvalue weighted by Crippen LogP contribution is 2.12. The maximum atomic E-state index is 5.70. The van der Waals surface area contributed by atoms with Gasteiger partial charge in [-0.25, -0.2) is 4.98 Å². The van der Waals surface area contributed by atoms with Crippen LogP contribution in [0.25, 0.3) is 11.2 Å². The summed E-state index contributed by atoms with van der Waals surface area (Å²) in [4.78, 5) is 9.80. The van der Waals surface area contributed by atoms with E-state index in [-0.39, 0.29) is 0 Å². The van der Waals surface area contributed by atoms with Crippen molar-refractivity contribution >= 4 is 35.0 Å². The van der Waals surface area contributed by atoms with Gasteiger partial charge in [-0.15, -0.1) is 0 Å². The number of imidazole rings is 1. The molecule has 0 fully saturated rings. The average Bonchev–Trinajstić information content (AvgIpc) is 2.27. The van der Waals surface area contributed by atoms with Crippen molar-refractivity contribution in [3.8, 4) is 0 Å². The Kier molecular flexibility index (Phi) is 1.44. The third-order valence-corrected chi connectivity index (χ3v) is 1.75. The summed E-state index contributed by atoms with van der Waals surface area (Å²) in [6.07, 6.45) is 1.57. The summed E-state index contributed by atoms with van der Waals surface area (Å²) in [6.45, 7) is 0. The molecule has 2 N–H and O–H groups in total. The minimum atomic E-state index is 0.565. The fourth-order valence-electron chi connectivity index (χ4n) is 0.895. The van der Waals surface area contributed by atoms with Crippen LogP contribution in [0, 0.1) is 4.77 Å². The molecule has 2 aromatic heterocycles. The zero-order valence-corrected chi connectivity index (χ0v) is 6.96. The molecule has 5 heteroatoms. The van der Waals surface area contributed by atoms with Crippen LogP contribution in [0.5, 0.6) is 0 Å². The molecule has 0 aliphatic carbocycles. The molecule has 0 aromatic carbocycles. The van der Waals surface area contributed by atoms with Gasteiger partial charge in [-0.2, -0.15) is 0 Å². The number of fused-ring (bicyclic) bond motifs is 1. The molecule has 2 heterocycles. The van der Waals surface area contributed by atoms with Crippen molar-refractivity contribution < 1.29 is 0 Å². The normalized spacial score (nSPS) is 10.6. The summed E-state index contributed by atoms with van der Waals surface area (Å²) >= 11 is 10.6. The van der Waals surface area contributed by atoms with E-state index < -0.39 is 0 Å². The molecule has 2 aromatic rings. The number of rotatable bonds is 0. The lowest BCUT2D eigenvalue weighted by Gasteiger charge is -1.87. The number of pyridine rings is 1. The lowest BCUT2D eigenvalue weighted by atomic mass is 10.4. The first-order chi connectivity index (χ1) is 5.25. The number of nitrogens with zero attached hydrogens (tertiary/aromatic N) is 1. The number of hydrogen-bond donors (Lipinski definition) is 2. The van der Waals surface area contributed by atoms with Crippen LogP contribution in [0.1, 0.15) is 0 Å². The Morgan fingerprint density at radius 3 is 3.09 bits per heavy atom. The summed E-state index contributed by atoms with van der Waals surface area (Å²) in [5, 5.41) is 0.600. The quantitative estimate of drug-likeness (QED) is 0.619. The van der Waals surface area contributed by atoms with Gasteiger partial charge in [0.2, 0.25) is 0 Å². The lowest BCUT2D eigenvalue weighted by Crippen LogP contribution is -1.74. The van der Waals surface area contributed by atoms with Crippen LogP contribution >= 0.6 is 23.8 Å². The highest BCUT2D eigenvalue weighted by Gasteiger charge is 1.96. The van der Waals surface area contributed by atoms with Crippen LogP contribution in [0.15, 0.2) is 12.3 Å². The van der Waals surface area contributed by atoms with Crippen molar-refractivity contribution in [1.29, 1.82) is 0 Å². The van der Waals surface area contributed by atoms with Crippen LogP contribution < -0.4 is 0 Å². The van der Waals surface area contributed by atoms with Crippen molar-refractivity contribution in [3.63, 3.8) is 0 Å². The fourth-order valence-corrected chi connectivity index (χ4v) is 1.26. The summed E-state index contributed by atoms with van der Waals surface area (Å²) < 4.78 is 0.565. The zero-order chi connectivity index (χ0) is 7.84. The van der Waals surface area contributed by atoms with E-state index in [9.17, 15) is 0 Å². The Bertz CT molecular complexity index is 444. The number of aromatic nitrogens is 3. The molecule has 11 heavy (non-hydrogen) atoms. The molecule has 0 saturated carbocycles. The molecule has 0 amide bonds. The Labute approximate surface area is 72.4 Å². The summed E-state index contributed by atoms with van der Waals surface area (Å²) in [5.41, 5.74) is 1.57. The van der Waals surface area contributed by atoms with Crippen LogP contribution in [0.4, 0.5) is 0 Å². The van der Waals surface area contributed by atoms with Crippen LogP contribution in [-0.4, -0.2) is 15.0 Å². The molecular weight excluding hydrogens is 182 g/mol. The van der Waals surface area contributed by atoms with E-state index in [1.165, 1.54) is 0 Å². The molecule has 0 spiro atoms. The van der Waals surface area contributed by atoms with Crippen molar-refractivity contribution in [2.75, 3.05) is 0 Å². The van der Waals surface area contributed by atoms with E-state index >= 15 is 0 Å². The number of aromatic amines is 2.